The molecule has 2 rings (SSSR count). The summed E-state index contributed by atoms with van der Waals surface area (Å²) in [7, 11) is 2.95. The number of anilines is 1. The second kappa shape index (κ2) is 11.2. The number of hydrogen-bond acceptors (Lipinski definition) is 5. The van der Waals surface area contributed by atoms with E-state index in [-0.39, 0.29) is 5.91 Å². The highest BCUT2D eigenvalue weighted by atomic mass is 35.5. The van der Waals surface area contributed by atoms with Gasteiger partial charge in [0.1, 0.15) is 5.69 Å². The van der Waals surface area contributed by atoms with E-state index in [1.807, 2.05) is 26.0 Å². The second-order valence-corrected chi connectivity index (χ2v) is 5.54. The molecule has 9 heteroatoms. The minimum Gasteiger partial charge on any atom is -0.309 e. The topological polar surface area (TPSA) is 80.6 Å². The molecule has 2 heterocycles. The highest BCUT2D eigenvalue weighted by molar-refractivity contribution is 6.32. The normalized spacial score (nSPS) is 9.88. The highest BCUT2D eigenvalue weighted by Gasteiger charge is 2.19. The lowest BCUT2D eigenvalue weighted by atomic mass is 10.3. The Morgan fingerprint density at radius 3 is 2.62 bits per heavy atom. The zero-order valence-electron chi connectivity index (χ0n) is 15.4. The van der Waals surface area contributed by atoms with E-state index >= 15 is 0 Å². The minimum atomic E-state index is 0.0580. The van der Waals surface area contributed by atoms with Gasteiger partial charge in [0.25, 0.3) is 0 Å². The van der Waals surface area contributed by atoms with Crippen molar-refractivity contribution < 1.29 is 14.4 Å². The molecule has 0 aliphatic heterocycles. The van der Waals surface area contributed by atoms with E-state index in [9.17, 15) is 9.59 Å². The monoisotopic (exact) mass is 381 g/mol. The third kappa shape index (κ3) is 6.12. The van der Waals surface area contributed by atoms with Gasteiger partial charge in [-0.3, -0.25) is 19.4 Å². The molecule has 0 radical (unpaired) electrons. The summed E-state index contributed by atoms with van der Waals surface area (Å²) < 4.78 is 1.63. The zero-order chi connectivity index (χ0) is 19.5. The van der Waals surface area contributed by atoms with Gasteiger partial charge in [0.05, 0.1) is 25.2 Å². The lowest BCUT2D eigenvalue weighted by Crippen LogP contribution is -2.30. The molecule has 2 amide bonds. The molecule has 2 aromatic rings. The molecule has 0 N–H and O–H groups in total. The molecule has 0 aliphatic rings. The van der Waals surface area contributed by atoms with Crippen molar-refractivity contribution in [2.45, 2.75) is 26.7 Å². The number of hydroxylamine groups is 2. The van der Waals surface area contributed by atoms with Crippen molar-refractivity contribution in [2.75, 3.05) is 25.6 Å². The van der Waals surface area contributed by atoms with E-state index in [0.717, 1.165) is 17.2 Å². The van der Waals surface area contributed by atoms with Crippen LogP contribution in [-0.4, -0.2) is 52.8 Å². The Labute approximate surface area is 158 Å². The largest absolute Gasteiger partial charge is 0.309 e. The van der Waals surface area contributed by atoms with Gasteiger partial charge >= 0.3 is 0 Å². The van der Waals surface area contributed by atoms with Crippen molar-refractivity contribution in [3.63, 3.8) is 0 Å². The van der Waals surface area contributed by atoms with Crippen LogP contribution in [0, 0.1) is 0 Å². The average Bonchev–Trinajstić information content (AvgIpc) is 3.05. The van der Waals surface area contributed by atoms with Crippen LogP contribution in [0.25, 0.3) is 5.69 Å². The van der Waals surface area contributed by atoms with Gasteiger partial charge in [-0.05, 0) is 25.5 Å². The van der Waals surface area contributed by atoms with Crippen LogP contribution in [0.1, 0.15) is 26.7 Å². The summed E-state index contributed by atoms with van der Waals surface area (Å²) >= 11 is 6.17. The molecule has 0 spiro atoms. The Balaban J connectivity index is 0.000000487. The highest BCUT2D eigenvalue weighted by Crippen LogP contribution is 2.26. The van der Waals surface area contributed by atoms with Gasteiger partial charge in [-0.25, -0.2) is 9.75 Å². The fourth-order valence-electron chi connectivity index (χ4n) is 2.02. The number of rotatable bonds is 7. The van der Waals surface area contributed by atoms with Crippen molar-refractivity contribution in [1.82, 2.24) is 19.8 Å². The fraction of sp³-hybridized carbons (Fsp3) is 0.412. The first-order valence-corrected chi connectivity index (χ1v) is 8.54. The molecule has 0 aromatic carbocycles. The maximum absolute atomic E-state index is 12.1. The van der Waals surface area contributed by atoms with Crippen LogP contribution >= 0.6 is 11.6 Å². The molecule has 0 unspecified atom stereocenters. The van der Waals surface area contributed by atoms with Crippen LogP contribution in [0.3, 0.4) is 0 Å². The van der Waals surface area contributed by atoms with E-state index in [1.54, 1.807) is 28.2 Å². The molecule has 142 valence electrons. The average molecular weight is 382 g/mol. The maximum atomic E-state index is 12.1. The Morgan fingerprint density at radius 1 is 1.42 bits per heavy atom. The number of aromatic nitrogens is 3. The number of halogens is 1. The Hall–Kier alpha value is -2.45. The van der Waals surface area contributed by atoms with Gasteiger partial charge in [-0.2, -0.15) is 5.10 Å². The summed E-state index contributed by atoms with van der Waals surface area (Å²) in [5.41, 5.74) is 1.44. The number of hydrogen-bond donors (Lipinski definition) is 0. The van der Waals surface area contributed by atoms with Crippen molar-refractivity contribution in [3.05, 3.63) is 35.9 Å². The van der Waals surface area contributed by atoms with E-state index in [2.05, 4.69) is 14.9 Å². The molecule has 0 saturated carbocycles. The second-order valence-electron chi connectivity index (χ2n) is 5.18. The van der Waals surface area contributed by atoms with Crippen LogP contribution in [-0.2, 0) is 14.4 Å². The minimum absolute atomic E-state index is 0.0580. The van der Waals surface area contributed by atoms with Crippen LogP contribution < -0.4 is 4.90 Å². The smallest absolute Gasteiger partial charge is 0.233 e. The van der Waals surface area contributed by atoms with E-state index < -0.39 is 0 Å². The summed E-state index contributed by atoms with van der Waals surface area (Å²) in [5.74, 6) is 0.0580. The number of carbonyl (C=O) groups excluding carboxylic acids is 2. The predicted octanol–water partition coefficient (Wildman–Crippen LogP) is 2.71. The molecule has 0 fully saturated rings. The van der Waals surface area contributed by atoms with Crippen LogP contribution in [0.15, 0.2) is 30.7 Å². The number of nitrogens with zero attached hydrogens (tertiary/aromatic N) is 5. The van der Waals surface area contributed by atoms with Crippen molar-refractivity contribution >= 4 is 29.6 Å². The Bertz CT molecular complexity index is 693. The van der Waals surface area contributed by atoms with E-state index in [1.165, 1.54) is 14.2 Å². The first kappa shape index (κ1) is 21.6. The molecule has 26 heavy (non-hydrogen) atoms. The molecule has 2 aromatic heterocycles. The van der Waals surface area contributed by atoms with E-state index in [0.29, 0.717) is 30.2 Å². The van der Waals surface area contributed by atoms with Gasteiger partial charge in [0.2, 0.25) is 12.3 Å². The van der Waals surface area contributed by atoms with Crippen LogP contribution in [0.4, 0.5) is 5.69 Å². The summed E-state index contributed by atoms with van der Waals surface area (Å²) in [4.78, 5) is 31.7. The molecular formula is C17H24ClN5O3. The molecule has 0 atom stereocenters. The van der Waals surface area contributed by atoms with Crippen LogP contribution in [0.2, 0.25) is 5.15 Å². The summed E-state index contributed by atoms with van der Waals surface area (Å²) in [6.07, 6.45) is 7.04. The third-order valence-electron chi connectivity index (χ3n) is 3.37. The standard InChI is InChI=1S/C14H17ClN4O.C3H7NO2/c1-3-6-13(20)18(4-2)12-10-19(17-14(12)15)11-7-5-8-16-9-11;1-4(3-5)6-2/h5,7-10H,3-4,6H2,1-2H3;3H,1-2H3. The van der Waals surface area contributed by atoms with Gasteiger partial charge in [-0.15, -0.1) is 0 Å². The summed E-state index contributed by atoms with van der Waals surface area (Å²) in [6, 6.07) is 3.70. The Morgan fingerprint density at radius 2 is 2.15 bits per heavy atom. The molecule has 0 bridgehead atoms. The quantitative estimate of drug-likeness (QED) is 0.544. The summed E-state index contributed by atoms with van der Waals surface area (Å²) in [5, 5.41) is 5.63. The number of pyridine rings is 1. The van der Waals surface area contributed by atoms with Gasteiger partial charge in [0.15, 0.2) is 5.15 Å². The van der Waals surface area contributed by atoms with Gasteiger partial charge < -0.3 is 4.90 Å². The molecule has 8 nitrogen and oxygen atoms in total. The summed E-state index contributed by atoms with van der Waals surface area (Å²) in [6.45, 7) is 4.47. The SMILES string of the molecule is CCCC(=O)N(CC)c1cn(-c2cccnc2)nc1Cl.CON(C)C=O. The first-order chi connectivity index (χ1) is 12.5. The van der Waals surface area contributed by atoms with Gasteiger partial charge in [0, 0.05) is 26.2 Å². The molecular weight excluding hydrogens is 358 g/mol. The third-order valence-corrected chi connectivity index (χ3v) is 3.64. The first-order valence-electron chi connectivity index (χ1n) is 8.16. The van der Waals surface area contributed by atoms with Gasteiger partial charge in [-0.1, -0.05) is 18.5 Å². The number of carbonyl (C=O) groups is 2. The van der Waals surface area contributed by atoms with Crippen molar-refractivity contribution in [3.8, 4) is 5.69 Å². The molecule has 0 aliphatic carbocycles. The Kier molecular flexibility index (Phi) is 9.32. The fourth-order valence-corrected chi connectivity index (χ4v) is 2.25. The van der Waals surface area contributed by atoms with E-state index in [4.69, 9.17) is 11.6 Å². The lowest BCUT2D eigenvalue weighted by Gasteiger charge is -2.18. The maximum Gasteiger partial charge on any atom is 0.233 e. The lowest BCUT2D eigenvalue weighted by molar-refractivity contribution is -0.153. The van der Waals surface area contributed by atoms with Crippen molar-refractivity contribution in [1.29, 1.82) is 0 Å². The molecule has 0 saturated heterocycles. The zero-order valence-corrected chi connectivity index (χ0v) is 16.2. The van der Waals surface area contributed by atoms with Crippen molar-refractivity contribution in [2.24, 2.45) is 0 Å². The van der Waals surface area contributed by atoms with Crippen LogP contribution in [0.5, 0.6) is 0 Å². The number of amides is 2. The predicted molar refractivity (Wildman–Crippen MR) is 100 cm³/mol.